The number of carbonyl (C=O) groups is 1. The summed E-state index contributed by atoms with van der Waals surface area (Å²) in [5.41, 5.74) is 3.59. The zero-order valence-corrected chi connectivity index (χ0v) is 31.5. The van der Waals surface area contributed by atoms with Crippen LogP contribution in [0.25, 0.3) is 0 Å². The molecular formula is C39H66N4O3. The summed E-state index contributed by atoms with van der Waals surface area (Å²) in [6.07, 6.45) is 11.0. The summed E-state index contributed by atoms with van der Waals surface area (Å²) in [5.74, 6) is 5.15. The van der Waals surface area contributed by atoms with Gasteiger partial charge >= 0.3 is 0 Å². The molecule has 260 valence electrons. The van der Waals surface area contributed by atoms with Crippen LogP contribution in [0, 0.1) is 11.8 Å². The topological polar surface area (TPSA) is 65.5 Å². The molecule has 1 aromatic rings. The van der Waals surface area contributed by atoms with Gasteiger partial charge in [0.1, 0.15) is 17.4 Å². The van der Waals surface area contributed by atoms with Gasteiger partial charge in [-0.3, -0.25) is 4.79 Å². The molecule has 3 rings (SSSR count). The quantitative estimate of drug-likeness (QED) is 0.0987. The second kappa shape index (κ2) is 24.1. The van der Waals surface area contributed by atoms with E-state index < -0.39 is 0 Å². The van der Waals surface area contributed by atoms with Crippen molar-refractivity contribution in [3.63, 3.8) is 0 Å². The zero-order valence-electron chi connectivity index (χ0n) is 31.5. The van der Waals surface area contributed by atoms with Crippen molar-refractivity contribution in [2.75, 3.05) is 47.9 Å². The lowest BCUT2D eigenvalue weighted by Gasteiger charge is -2.29. The summed E-state index contributed by atoms with van der Waals surface area (Å²) in [4.78, 5) is 34.5. The Kier molecular flexibility index (Phi) is 22.4. The van der Waals surface area contributed by atoms with Crippen LogP contribution >= 0.6 is 0 Å². The van der Waals surface area contributed by atoms with E-state index in [2.05, 4.69) is 44.2 Å². The number of hydrogen-bond donors (Lipinski definition) is 0. The average molecular weight is 639 g/mol. The molecule has 0 radical (unpaired) electrons. The minimum atomic E-state index is -0.00796. The molecule has 0 unspecified atom stereocenters. The Morgan fingerprint density at radius 1 is 1.09 bits per heavy atom. The molecule has 1 saturated heterocycles. The monoisotopic (exact) mass is 639 g/mol. The van der Waals surface area contributed by atoms with E-state index >= 15 is 0 Å². The van der Waals surface area contributed by atoms with E-state index in [-0.39, 0.29) is 5.78 Å². The van der Waals surface area contributed by atoms with Crippen LogP contribution in [0.2, 0.25) is 0 Å². The van der Waals surface area contributed by atoms with E-state index in [0.717, 1.165) is 29.6 Å². The standard InChI is InChI=1S/C26H35N3O3.C8H17N.C3H8.C2H6/c1-8-23(17-30)29(6)24(9-2)26(28(5)16-20-10-11-20)27-18(3)14-22-13-12-21(19(4)31)15-25(22)32-7;1-3-8-4-6-9(2)7-5-8;1-3-2;1-2/h9,12-13,15,20H,3,8,10-11,14,16H2,1-2,4-7H3;8H,3-7H2,1-2H3;3H2,1-2H3;1-2H3/b24-9+,27-26?;;;. The number of benzene rings is 1. The first-order chi connectivity index (χ1) is 22.0. The molecule has 1 aromatic carbocycles. The lowest BCUT2D eigenvalue weighted by molar-refractivity contribution is 0.101. The number of Topliss-reactive ketones (excluding diaryl/α,β-unsaturated/α-hetero) is 1. The Labute approximate surface area is 282 Å². The minimum Gasteiger partial charge on any atom is -0.496 e. The summed E-state index contributed by atoms with van der Waals surface area (Å²) in [6, 6.07) is 5.43. The Hall–Kier alpha value is -3.15. The highest BCUT2D eigenvalue weighted by atomic mass is 16.5. The fraction of sp³-hybridized carbons (Fsp3) is 0.641. The maximum Gasteiger partial charge on any atom is 0.159 e. The first-order valence-corrected chi connectivity index (χ1v) is 17.5. The van der Waals surface area contributed by atoms with E-state index in [1.807, 2.05) is 64.8 Å². The number of nitrogens with zero attached hydrogens (tertiary/aromatic N) is 4. The zero-order chi connectivity index (χ0) is 35.2. The van der Waals surface area contributed by atoms with Gasteiger partial charge in [0.25, 0.3) is 0 Å². The largest absolute Gasteiger partial charge is 0.496 e. The van der Waals surface area contributed by atoms with Crippen LogP contribution in [0.1, 0.15) is 116 Å². The lowest BCUT2D eigenvalue weighted by Crippen LogP contribution is -2.36. The van der Waals surface area contributed by atoms with Crippen molar-refractivity contribution in [1.82, 2.24) is 14.7 Å². The summed E-state index contributed by atoms with van der Waals surface area (Å²) >= 11 is 0. The third-order valence-corrected chi connectivity index (χ3v) is 8.08. The van der Waals surface area contributed by atoms with Gasteiger partial charge in [-0.1, -0.05) is 79.2 Å². The molecule has 7 nitrogen and oxygen atoms in total. The molecular weight excluding hydrogens is 572 g/mol. The van der Waals surface area contributed by atoms with Crippen molar-refractivity contribution < 1.29 is 14.3 Å². The van der Waals surface area contributed by atoms with Crippen molar-refractivity contribution in [1.29, 1.82) is 0 Å². The number of piperidine rings is 1. The van der Waals surface area contributed by atoms with Gasteiger partial charge in [0, 0.05) is 43.9 Å². The van der Waals surface area contributed by atoms with Crippen molar-refractivity contribution in [2.45, 2.75) is 107 Å². The highest BCUT2D eigenvalue weighted by Crippen LogP contribution is 2.30. The molecule has 0 amide bonds. The number of carbonyl (C=O) groups excluding carboxylic acids is 2. The molecule has 2 aliphatic rings. The van der Waals surface area contributed by atoms with Crippen LogP contribution < -0.4 is 4.74 Å². The number of methoxy groups -OCH3 is 1. The Balaban J connectivity index is 0.00000120. The van der Waals surface area contributed by atoms with Crippen molar-refractivity contribution >= 4 is 17.6 Å². The highest BCUT2D eigenvalue weighted by molar-refractivity contribution is 5.98. The molecule has 0 spiro atoms. The van der Waals surface area contributed by atoms with Crippen molar-refractivity contribution in [2.24, 2.45) is 16.8 Å². The number of rotatable bonds is 12. The Bertz CT molecular complexity index is 1150. The predicted octanol–water partition coefficient (Wildman–Crippen LogP) is 8.84. The van der Waals surface area contributed by atoms with E-state index in [0.29, 0.717) is 41.5 Å². The fourth-order valence-electron chi connectivity index (χ4n) is 5.10. The summed E-state index contributed by atoms with van der Waals surface area (Å²) in [6.45, 7) is 23.7. The van der Waals surface area contributed by atoms with Crippen LogP contribution in [0.3, 0.4) is 0 Å². The number of likely N-dealkylation sites (N-methyl/N-ethyl adjacent to an activating group) is 2. The molecule has 0 N–H and O–H groups in total. The smallest absolute Gasteiger partial charge is 0.159 e. The number of aliphatic imine (C=N–C) groups is 1. The summed E-state index contributed by atoms with van der Waals surface area (Å²) < 4.78 is 5.50. The predicted molar refractivity (Wildman–Crippen MR) is 197 cm³/mol. The van der Waals surface area contributed by atoms with Crippen molar-refractivity contribution in [3.8, 4) is 5.75 Å². The van der Waals surface area contributed by atoms with Gasteiger partial charge in [-0.25, -0.2) is 9.79 Å². The van der Waals surface area contributed by atoms with E-state index in [9.17, 15) is 9.59 Å². The summed E-state index contributed by atoms with van der Waals surface area (Å²) in [7, 11) is 7.70. The second-order valence-electron chi connectivity index (χ2n) is 12.1. The van der Waals surface area contributed by atoms with E-state index in [1.165, 1.54) is 58.5 Å². The molecule has 0 bridgehead atoms. The molecule has 1 aliphatic heterocycles. The normalized spacial score (nSPS) is 15.0. The molecule has 0 aromatic heterocycles. The van der Waals surface area contributed by atoms with Crippen LogP contribution in [0.5, 0.6) is 5.75 Å². The fourth-order valence-corrected chi connectivity index (χ4v) is 5.10. The molecule has 1 saturated carbocycles. The first kappa shape index (κ1) is 42.9. The molecule has 7 heteroatoms. The third kappa shape index (κ3) is 15.4. The number of allylic oxidation sites excluding steroid dienone is 3. The Morgan fingerprint density at radius 2 is 1.67 bits per heavy atom. The maximum absolute atomic E-state index is 11.7. The molecule has 2 fully saturated rings. The SMILES string of the molecule is C=C(Cc1ccc(C(C)=O)cc1OC)N=C(/C(=C\C)N(C)C(=C=O)CC)N(C)CC1CC1.CC.CCC.CCC1CCN(C)CC1. The number of ketones is 1. The van der Waals surface area contributed by atoms with Gasteiger partial charge in [-0.2, -0.15) is 0 Å². The van der Waals surface area contributed by atoms with Gasteiger partial charge in [0.2, 0.25) is 0 Å². The maximum atomic E-state index is 11.7. The molecule has 46 heavy (non-hydrogen) atoms. The second-order valence-corrected chi connectivity index (χ2v) is 12.1. The highest BCUT2D eigenvalue weighted by Gasteiger charge is 2.27. The van der Waals surface area contributed by atoms with Crippen LogP contribution in [0.15, 0.2) is 52.9 Å². The van der Waals surface area contributed by atoms with Gasteiger partial charge in [0.05, 0.1) is 12.8 Å². The van der Waals surface area contributed by atoms with Crippen LogP contribution in [-0.4, -0.2) is 80.1 Å². The van der Waals surface area contributed by atoms with E-state index in [4.69, 9.17) is 9.73 Å². The minimum absolute atomic E-state index is 0.00796. The Morgan fingerprint density at radius 3 is 2.11 bits per heavy atom. The molecule has 0 atom stereocenters. The van der Waals surface area contributed by atoms with E-state index in [1.54, 1.807) is 19.2 Å². The van der Waals surface area contributed by atoms with Gasteiger partial charge in [0.15, 0.2) is 11.6 Å². The van der Waals surface area contributed by atoms with Gasteiger partial charge < -0.3 is 19.4 Å². The van der Waals surface area contributed by atoms with Crippen molar-refractivity contribution in [3.05, 3.63) is 59.1 Å². The van der Waals surface area contributed by atoms with Gasteiger partial charge in [-0.05, 0) is 84.0 Å². The number of ether oxygens (including phenoxy) is 1. The first-order valence-electron chi connectivity index (χ1n) is 17.5. The molecule has 1 heterocycles. The number of hydrogen-bond acceptors (Lipinski definition) is 6. The third-order valence-electron chi connectivity index (χ3n) is 8.08. The van der Waals surface area contributed by atoms with Crippen LogP contribution in [-0.2, 0) is 11.2 Å². The number of amidine groups is 1. The van der Waals surface area contributed by atoms with Crippen LogP contribution in [0.4, 0.5) is 0 Å². The number of likely N-dealkylation sites (tertiary alicyclic amines) is 1. The summed E-state index contributed by atoms with van der Waals surface area (Å²) in [5, 5.41) is 0. The lowest BCUT2D eigenvalue weighted by atomic mass is 9.95. The molecule has 1 aliphatic carbocycles. The van der Waals surface area contributed by atoms with Gasteiger partial charge in [-0.15, -0.1) is 0 Å². The average Bonchev–Trinajstić information content (AvgIpc) is 3.87.